The van der Waals surface area contributed by atoms with Crippen LogP contribution < -0.4 is 0 Å². The third-order valence-electron chi connectivity index (χ3n) is 2.62. The topological polar surface area (TPSA) is 63.1 Å². The zero-order valence-corrected chi connectivity index (χ0v) is 10.9. The van der Waals surface area contributed by atoms with Gasteiger partial charge in [0.1, 0.15) is 10.7 Å². The highest BCUT2D eigenvalue weighted by atomic mass is 32.1. The maximum absolute atomic E-state index is 10.5. The molecule has 2 aromatic heterocycles. The quantitative estimate of drug-likeness (QED) is 0.900. The molecule has 0 unspecified atom stereocenters. The van der Waals surface area contributed by atoms with Gasteiger partial charge in [0.15, 0.2) is 0 Å². The molecule has 0 aliphatic rings. The fraction of sp³-hybridized carbons (Fsp3) is 0.308. The van der Waals surface area contributed by atoms with Gasteiger partial charge in [-0.15, -0.1) is 11.3 Å². The van der Waals surface area contributed by atoms with Gasteiger partial charge in [0.05, 0.1) is 12.1 Å². The summed E-state index contributed by atoms with van der Waals surface area (Å²) in [5, 5.41) is 11.4. The maximum Gasteiger partial charge on any atom is 0.303 e. The Morgan fingerprint density at radius 1 is 1.50 bits per heavy atom. The molecule has 0 fully saturated rings. The molecular weight excluding hydrogens is 248 g/mol. The molecule has 1 N–H and O–H groups in total. The van der Waals surface area contributed by atoms with Gasteiger partial charge in [0, 0.05) is 18.0 Å². The molecule has 2 rings (SSSR count). The summed E-state index contributed by atoms with van der Waals surface area (Å²) in [4.78, 5) is 19.3. The number of carboxylic acids is 1. The number of carbonyl (C=O) groups is 1. The number of pyridine rings is 1. The first-order chi connectivity index (χ1) is 8.70. The Hall–Kier alpha value is -1.75. The van der Waals surface area contributed by atoms with Gasteiger partial charge in [-0.05, 0) is 18.1 Å². The average molecular weight is 262 g/mol. The molecule has 2 heterocycles. The van der Waals surface area contributed by atoms with Gasteiger partial charge in [-0.25, -0.2) is 4.98 Å². The first-order valence-electron chi connectivity index (χ1n) is 5.81. The van der Waals surface area contributed by atoms with E-state index in [9.17, 15) is 4.79 Å². The molecule has 94 valence electrons. The highest BCUT2D eigenvalue weighted by molar-refractivity contribution is 7.13. The predicted octanol–water partition coefficient (Wildman–Crippen LogP) is 2.78. The van der Waals surface area contributed by atoms with E-state index in [0.717, 1.165) is 28.4 Å². The van der Waals surface area contributed by atoms with Crippen LogP contribution in [0.15, 0.2) is 23.7 Å². The second kappa shape index (κ2) is 5.73. The normalized spacial score (nSPS) is 10.5. The Kier molecular flexibility index (Phi) is 4.04. The van der Waals surface area contributed by atoms with E-state index in [1.807, 2.05) is 17.5 Å². The molecule has 5 heteroatoms. The van der Waals surface area contributed by atoms with E-state index < -0.39 is 5.97 Å². The van der Waals surface area contributed by atoms with Crippen molar-refractivity contribution in [3.8, 4) is 10.7 Å². The number of aliphatic carboxylic acids is 1. The molecule has 2 aromatic rings. The van der Waals surface area contributed by atoms with Crippen molar-refractivity contribution < 1.29 is 9.90 Å². The molecule has 0 aliphatic heterocycles. The minimum absolute atomic E-state index is 0.117. The minimum Gasteiger partial charge on any atom is -0.481 e. The van der Waals surface area contributed by atoms with Gasteiger partial charge in [-0.3, -0.25) is 9.78 Å². The number of aryl methyl sites for hydroxylation is 2. The van der Waals surface area contributed by atoms with Gasteiger partial charge in [-0.1, -0.05) is 13.0 Å². The molecule has 0 bridgehead atoms. The van der Waals surface area contributed by atoms with Gasteiger partial charge in [0.2, 0.25) is 0 Å². The average Bonchev–Trinajstić information content (AvgIpc) is 2.85. The number of aromatic nitrogens is 2. The molecule has 0 amide bonds. The molecule has 0 saturated carbocycles. The third-order valence-corrected chi connectivity index (χ3v) is 3.52. The van der Waals surface area contributed by atoms with Crippen LogP contribution in [0.3, 0.4) is 0 Å². The summed E-state index contributed by atoms with van der Waals surface area (Å²) in [7, 11) is 0. The van der Waals surface area contributed by atoms with Crippen molar-refractivity contribution in [1.29, 1.82) is 0 Å². The molecular formula is C13H14N2O2S. The van der Waals surface area contributed by atoms with E-state index in [1.54, 1.807) is 6.20 Å². The van der Waals surface area contributed by atoms with Crippen LogP contribution in [0.25, 0.3) is 10.7 Å². The standard InChI is InChI=1S/C13H14N2O2S/c1-2-9-4-3-7-14-12(9)13-15-10(8-18-13)5-6-11(16)17/h3-4,7-8H,2,5-6H2,1H3,(H,16,17). The molecule has 0 saturated heterocycles. The van der Waals surface area contributed by atoms with Crippen LogP contribution >= 0.6 is 11.3 Å². The molecule has 0 aliphatic carbocycles. The summed E-state index contributed by atoms with van der Waals surface area (Å²) in [6, 6.07) is 3.96. The van der Waals surface area contributed by atoms with Gasteiger partial charge in [0.25, 0.3) is 0 Å². The molecule has 18 heavy (non-hydrogen) atoms. The van der Waals surface area contributed by atoms with E-state index >= 15 is 0 Å². The Balaban J connectivity index is 2.21. The van der Waals surface area contributed by atoms with Crippen LogP contribution in [0, 0.1) is 0 Å². The van der Waals surface area contributed by atoms with Gasteiger partial charge >= 0.3 is 5.97 Å². The molecule has 0 aromatic carbocycles. The SMILES string of the molecule is CCc1cccnc1-c1nc(CCC(=O)O)cs1. The number of rotatable bonds is 5. The van der Waals surface area contributed by atoms with Gasteiger partial charge < -0.3 is 5.11 Å². The molecule has 0 spiro atoms. The Morgan fingerprint density at radius 3 is 3.06 bits per heavy atom. The third kappa shape index (κ3) is 2.92. The van der Waals surface area contributed by atoms with Crippen LogP contribution in [0.4, 0.5) is 0 Å². The fourth-order valence-electron chi connectivity index (χ4n) is 1.68. The Labute approximate surface area is 109 Å². The predicted molar refractivity (Wildman–Crippen MR) is 70.7 cm³/mol. The summed E-state index contributed by atoms with van der Waals surface area (Å²) < 4.78 is 0. The lowest BCUT2D eigenvalue weighted by atomic mass is 10.1. The van der Waals surface area contributed by atoms with Crippen LogP contribution in [0.1, 0.15) is 24.6 Å². The summed E-state index contributed by atoms with van der Waals surface area (Å²) in [6.45, 7) is 2.08. The summed E-state index contributed by atoms with van der Waals surface area (Å²) in [6.07, 6.45) is 3.26. The smallest absolute Gasteiger partial charge is 0.303 e. The lowest BCUT2D eigenvalue weighted by Crippen LogP contribution is -1.97. The van der Waals surface area contributed by atoms with E-state index in [4.69, 9.17) is 5.11 Å². The highest BCUT2D eigenvalue weighted by Gasteiger charge is 2.10. The van der Waals surface area contributed by atoms with Crippen molar-refractivity contribution in [1.82, 2.24) is 9.97 Å². The maximum atomic E-state index is 10.5. The van der Waals surface area contributed by atoms with E-state index in [-0.39, 0.29) is 6.42 Å². The molecule has 0 atom stereocenters. The second-order valence-corrected chi connectivity index (χ2v) is 4.76. The first-order valence-corrected chi connectivity index (χ1v) is 6.69. The first kappa shape index (κ1) is 12.7. The summed E-state index contributed by atoms with van der Waals surface area (Å²) in [5.41, 5.74) is 2.90. The van der Waals surface area contributed by atoms with E-state index in [0.29, 0.717) is 6.42 Å². The van der Waals surface area contributed by atoms with Crippen LogP contribution in [-0.4, -0.2) is 21.0 Å². The van der Waals surface area contributed by atoms with Crippen molar-refractivity contribution >= 4 is 17.3 Å². The van der Waals surface area contributed by atoms with Crippen molar-refractivity contribution in [3.63, 3.8) is 0 Å². The highest BCUT2D eigenvalue weighted by Crippen LogP contribution is 2.25. The van der Waals surface area contributed by atoms with Crippen molar-refractivity contribution in [2.24, 2.45) is 0 Å². The number of thiazole rings is 1. The monoisotopic (exact) mass is 262 g/mol. The van der Waals surface area contributed by atoms with Crippen LogP contribution in [0.5, 0.6) is 0 Å². The van der Waals surface area contributed by atoms with Gasteiger partial charge in [-0.2, -0.15) is 0 Å². The number of hydrogen-bond donors (Lipinski definition) is 1. The fourth-order valence-corrected chi connectivity index (χ4v) is 2.57. The number of nitrogens with zero attached hydrogens (tertiary/aromatic N) is 2. The lowest BCUT2D eigenvalue weighted by molar-refractivity contribution is -0.136. The Morgan fingerprint density at radius 2 is 2.33 bits per heavy atom. The van der Waals surface area contributed by atoms with Crippen molar-refractivity contribution in [3.05, 3.63) is 35.0 Å². The van der Waals surface area contributed by atoms with E-state index in [2.05, 4.69) is 16.9 Å². The summed E-state index contributed by atoms with van der Waals surface area (Å²) in [5.74, 6) is -0.795. The second-order valence-electron chi connectivity index (χ2n) is 3.90. The number of carboxylic acid groups (broad SMARTS) is 1. The zero-order chi connectivity index (χ0) is 13.0. The minimum atomic E-state index is -0.795. The van der Waals surface area contributed by atoms with Crippen molar-refractivity contribution in [2.45, 2.75) is 26.2 Å². The zero-order valence-electron chi connectivity index (χ0n) is 10.1. The van der Waals surface area contributed by atoms with Crippen molar-refractivity contribution in [2.75, 3.05) is 0 Å². The number of hydrogen-bond acceptors (Lipinski definition) is 4. The molecule has 4 nitrogen and oxygen atoms in total. The van der Waals surface area contributed by atoms with E-state index in [1.165, 1.54) is 11.3 Å². The lowest BCUT2D eigenvalue weighted by Gasteiger charge is -2.02. The largest absolute Gasteiger partial charge is 0.481 e. The molecule has 0 radical (unpaired) electrons. The Bertz CT molecular complexity index is 551. The van der Waals surface area contributed by atoms with Crippen LogP contribution in [0.2, 0.25) is 0 Å². The van der Waals surface area contributed by atoms with Crippen LogP contribution in [-0.2, 0) is 17.6 Å². The summed E-state index contributed by atoms with van der Waals surface area (Å²) >= 11 is 1.52.